The predicted octanol–water partition coefficient (Wildman–Crippen LogP) is 14.8. The molecule has 248 valence electrons. The average molecular weight is 674 g/mol. The van der Waals surface area contributed by atoms with Crippen LogP contribution < -0.4 is 4.90 Å². The fraction of sp³-hybridized carbons (Fsp3) is 0. The summed E-state index contributed by atoms with van der Waals surface area (Å²) in [5, 5.41) is 10.0. The summed E-state index contributed by atoms with van der Waals surface area (Å²) >= 11 is 0. The van der Waals surface area contributed by atoms with Crippen LogP contribution in [0.3, 0.4) is 0 Å². The number of fused-ring (bicyclic) bond motifs is 5. The molecule has 53 heavy (non-hydrogen) atoms. The lowest BCUT2D eigenvalue weighted by atomic mass is 9.93. The maximum Gasteiger partial charge on any atom is 0.0540 e. The Morgan fingerprint density at radius 3 is 1.42 bits per heavy atom. The third-order valence-electron chi connectivity index (χ3n) is 10.7. The van der Waals surface area contributed by atoms with Crippen LogP contribution in [0.2, 0.25) is 0 Å². The lowest BCUT2D eigenvalue weighted by Crippen LogP contribution is -2.10. The van der Waals surface area contributed by atoms with Crippen LogP contribution in [-0.2, 0) is 0 Å². The molecule has 0 aliphatic heterocycles. The summed E-state index contributed by atoms with van der Waals surface area (Å²) in [6, 6.07) is 77.2. The van der Waals surface area contributed by atoms with E-state index < -0.39 is 0 Å². The van der Waals surface area contributed by atoms with E-state index in [1.807, 2.05) is 0 Å². The Bertz CT molecular complexity index is 2920. The molecule has 10 aromatic rings. The van der Waals surface area contributed by atoms with E-state index in [2.05, 4.69) is 217 Å². The van der Waals surface area contributed by atoms with Crippen molar-refractivity contribution in [3.8, 4) is 33.4 Å². The molecule has 0 saturated heterocycles. The van der Waals surface area contributed by atoms with Crippen molar-refractivity contribution in [2.45, 2.75) is 0 Å². The fourth-order valence-electron chi connectivity index (χ4n) is 8.13. The van der Waals surface area contributed by atoms with Crippen LogP contribution in [0, 0.1) is 0 Å². The molecule has 0 fully saturated rings. The van der Waals surface area contributed by atoms with E-state index in [1.54, 1.807) is 0 Å². The highest BCUT2D eigenvalue weighted by Gasteiger charge is 2.18. The summed E-state index contributed by atoms with van der Waals surface area (Å²) in [5.74, 6) is 0. The van der Waals surface area contributed by atoms with Gasteiger partial charge in [-0.3, -0.25) is 0 Å². The monoisotopic (exact) mass is 673 g/mol. The third kappa shape index (κ3) is 5.42. The van der Waals surface area contributed by atoms with Crippen molar-refractivity contribution in [2.24, 2.45) is 0 Å². The topological polar surface area (TPSA) is 3.24 Å². The predicted molar refractivity (Wildman–Crippen MR) is 227 cm³/mol. The van der Waals surface area contributed by atoms with Crippen LogP contribution in [0.25, 0.3) is 76.5 Å². The van der Waals surface area contributed by atoms with E-state index in [4.69, 9.17) is 0 Å². The van der Waals surface area contributed by atoms with Gasteiger partial charge in [0.25, 0.3) is 0 Å². The lowest BCUT2D eigenvalue weighted by Gasteiger charge is -2.28. The molecule has 0 bridgehead atoms. The largest absolute Gasteiger partial charge is 0.310 e. The van der Waals surface area contributed by atoms with Crippen LogP contribution in [0.5, 0.6) is 0 Å². The molecule has 0 aliphatic carbocycles. The summed E-state index contributed by atoms with van der Waals surface area (Å²) < 4.78 is 0. The average Bonchev–Trinajstić information content (AvgIpc) is 3.24. The molecule has 1 nitrogen and oxygen atoms in total. The van der Waals surface area contributed by atoms with Crippen LogP contribution >= 0.6 is 0 Å². The molecule has 0 N–H and O–H groups in total. The van der Waals surface area contributed by atoms with Gasteiger partial charge in [-0.05, 0) is 107 Å². The summed E-state index contributed by atoms with van der Waals surface area (Å²) in [7, 11) is 0. The van der Waals surface area contributed by atoms with Crippen LogP contribution in [0.1, 0.15) is 0 Å². The smallest absolute Gasteiger partial charge is 0.0540 e. The first-order valence-corrected chi connectivity index (χ1v) is 18.3. The fourth-order valence-corrected chi connectivity index (χ4v) is 8.13. The quantitative estimate of drug-likeness (QED) is 0.159. The number of nitrogens with zero attached hydrogens (tertiary/aromatic N) is 1. The maximum atomic E-state index is 2.41. The van der Waals surface area contributed by atoms with Gasteiger partial charge in [-0.25, -0.2) is 0 Å². The lowest BCUT2D eigenvalue weighted by molar-refractivity contribution is 1.30. The zero-order chi connectivity index (χ0) is 35.1. The number of hydrogen-bond acceptors (Lipinski definition) is 1. The van der Waals surface area contributed by atoms with E-state index in [0.29, 0.717) is 0 Å². The highest BCUT2D eigenvalue weighted by atomic mass is 15.1. The summed E-state index contributed by atoms with van der Waals surface area (Å²) in [5.41, 5.74) is 10.7. The first-order valence-electron chi connectivity index (χ1n) is 18.3. The molecule has 10 aromatic carbocycles. The van der Waals surface area contributed by atoms with Gasteiger partial charge in [-0.2, -0.15) is 0 Å². The molecule has 0 saturated carbocycles. The van der Waals surface area contributed by atoms with Crippen molar-refractivity contribution in [3.05, 3.63) is 212 Å². The number of anilines is 3. The minimum absolute atomic E-state index is 1.11. The Balaban J connectivity index is 1.13. The Morgan fingerprint density at radius 1 is 0.245 bits per heavy atom. The van der Waals surface area contributed by atoms with Gasteiger partial charge in [-0.1, -0.05) is 176 Å². The molecular formula is C52H35N. The molecule has 10 rings (SSSR count). The zero-order valence-electron chi connectivity index (χ0n) is 29.2. The SMILES string of the molecule is c1ccc(-c2ccc(N(c3ccc(-c4cccc5ccccc45)cc3)c3ccc(-c4cc5ccccc5c5ccccc45)cc3)c3ccccc23)cc1. The van der Waals surface area contributed by atoms with Crippen LogP contribution in [-0.4, -0.2) is 0 Å². The van der Waals surface area contributed by atoms with E-state index in [0.717, 1.165) is 17.1 Å². The van der Waals surface area contributed by atoms with Crippen molar-refractivity contribution in [1.29, 1.82) is 0 Å². The minimum Gasteiger partial charge on any atom is -0.310 e. The molecule has 0 heterocycles. The normalized spacial score (nSPS) is 11.4. The van der Waals surface area contributed by atoms with Crippen molar-refractivity contribution in [2.75, 3.05) is 4.90 Å². The Kier molecular flexibility index (Phi) is 7.55. The molecule has 0 amide bonds. The number of rotatable bonds is 6. The van der Waals surface area contributed by atoms with E-state index in [1.165, 1.54) is 76.5 Å². The third-order valence-corrected chi connectivity index (χ3v) is 10.7. The van der Waals surface area contributed by atoms with Crippen molar-refractivity contribution >= 4 is 60.2 Å². The van der Waals surface area contributed by atoms with E-state index in [9.17, 15) is 0 Å². The second kappa shape index (κ2) is 13.0. The first-order chi connectivity index (χ1) is 26.3. The Labute approximate surface area is 309 Å². The van der Waals surface area contributed by atoms with Crippen LogP contribution in [0.4, 0.5) is 17.1 Å². The number of hydrogen-bond donors (Lipinski definition) is 0. The van der Waals surface area contributed by atoms with Gasteiger partial charge in [0.05, 0.1) is 5.69 Å². The molecule has 0 unspecified atom stereocenters. The van der Waals surface area contributed by atoms with Gasteiger partial charge in [0.15, 0.2) is 0 Å². The molecule has 0 atom stereocenters. The van der Waals surface area contributed by atoms with E-state index >= 15 is 0 Å². The molecular weight excluding hydrogens is 639 g/mol. The standard InChI is InChI=1S/C52H35N/c1-2-13-36(14-3-1)46-33-34-52(50-23-11-10-21-48(46)50)53(41-29-25-38(26-30-41)44-24-12-17-37-15-4-6-18-43(37)44)42-31-27-39(28-32-42)51-35-40-16-5-7-19-45(40)47-20-8-9-22-49(47)51/h1-35H. The van der Waals surface area contributed by atoms with Gasteiger partial charge in [-0.15, -0.1) is 0 Å². The number of benzene rings is 10. The van der Waals surface area contributed by atoms with Crippen molar-refractivity contribution < 1.29 is 0 Å². The van der Waals surface area contributed by atoms with Crippen LogP contribution in [0.15, 0.2) is 212 Å². The Hall–Kier alpha value is -6.96. The van der Waals surface area contributed by atoms with E-state index in [-0.39, 0.29) is 0 Å². The molecule has 0 radical (unpaired) electrons. The van der Waals surface area contributed by atoms with Crippen molar-refractivity contribution in [3.63, 3.8) is 0 Å². The summed E-state index contributed by atoms with van der Waals surface area (Å²) in [4.78, 5) is 2.41. The molecule has 0 aromatic heterocycles. The second-order valence-electron chi connectivity index (χ2n) is 13.7. The summed E-state index contributed by atoms with van der Waals surface area (Å²) in [6.45, 7) is 0. The first kappa shape index (κ1) is 30.8. The molecule has 0 aliphatic rings. The van der Waals surface area contributed by atoms with Crippen molar-refractivity contribution in [1.82, 2.24) is 0 Å². The zero-order valence-corrected chi connectivity index (χ0v) is 29.2. The van der Waals surface area contributed by atoms with Gasteiger partial charge in [0.1, 0.15) is 0 Å². The Morgan fingerprint density at radius 2 is 0.717 bits per heavy atom. The summed E-state index contributed by atoms with van der Waals surface area (Å²) in [6.07, 6.45) is 0. The van der Waals surface area contributed by atoms with Gasteiger partial charge >= 0.3 is 0 Å². The van der Waals surface area contributed by atoms with Gasteiger partial charge in [0.2, 0.25) is 0 Å². The molecule has 1 heteroatoms. The molecule has 0 spiro atoms. The highest BCUT2D eigenvalue weighted by Crippen LogP contribution is 2.44. The highest BCUT2D eigenvalue weighted by molar-refractivity contribution is 6.14. The maximum absolute atomic E-state index is 2.41. The van der Waals surface area contributed by atoms with Gasteiger partial charge < -0.3 is 4.90 Å². The minimum atomic E-state index is 1.11. The van der Waals surface area contributed by atoms with Gasteiger partial charge in [0, 0.05) is 16.8 Å². The second-order valence-corrected chi connectivity index (χ2v) is 13.7.